The smallest absolute Gasteiger partial charge is 0.308 e. The molecule has 0 aliphatic carbocycles. The molecule has 0 spiro atoms. The van der Waals surface area contributed by atoms with Crippen molar-refractivity contribution in [2.24, 2.45) is 13.0 Å². The first kappa shape index (κ1) is 31.6. The number of carboxylic acids is 1. The van der Waals surface area contributed by atoms with Crippen molar-refractivity contribution in [3.05, 3.63) is 35.9 Å². The van der Waals surface area contributed by atoms with Crippen molar-refractivity contribution in [3.63, 3.8) is 0 Å². The van der Waals surface area contributed by atoms with Crippen molar-refractivity contribution >= 4 is 11.9 Å². The van der Waals surface area contributed by atoms with E-state index in [1.54, 1.807) is 13.3 Å². The van der Waals surface area contributed by atoms with Crippen molar-refractivity contribution in [3.8, 4) is 17.2 Å². The number of unbranched alkanes of at least 4 members (excludes halogenated alkanes) is 2. The van der Waals surface area contributed by atoms with Crippen LogP contribution < -0.4 is 14.2 Å². The quantitative estimate of drug-likeness (QED) is 0.297. The molecule has 3 unspecified atom stereocenters. The molecular formula is C31H47N5O6. The SMILES string of the molecule is CCCCN(CCCCN(C)C)C(=O)CN1CC(c2cc(OC)c3c(c2)OCO3)C(C(=O)O)C1CCc1nccn1C. The number of carbonyl (C=O) groups is 2. The number of hydrogen-bond acceptors (Lipinski definition) is 8. The molecule has 2 aliphatic rings. The Kier molecular flexibility index (Phi) is 11.1. The third-order valence-electron chi connectivity index (χ3n) is 8.48. The second-order valence-corrected chi connectivity index (χ2v) is 11.7. The number of amides is 1. The minimum atomic E-state index is -0.872. The van der Waals surface area contributed by atoms with Gasteiger partial charge in [0.1, 0.15) is 5.82 Å². The van der Waals surface area contributed by atoms with E-state index in [0.717, 1.165) is 43.6 Å². The standard InChI is InChI=1S/C31H47N5O6/c1-6-7-14-35(15-9-8-13-33(2)3)28(37)20-36-19-23(22-17-25(40-5)30-26(18-22)41-21-42-30)29(31(38)39)24(36)10-11-27-32-12-16-34(27)4/h12,16-18,23-24,29H,6-11,13-15,19-21H2,1-5H3,(H,38,39). The number of imidazole rings is 1. The summed E-state index contributed by atoms with van der Waals surface area (Å²) in [7, 11) is 7.62. The van der Waals surface area contributed by atoms with E-state index >= 15 is 0 Å². The number of carboxylic acid groups (broad SMARTS) is 1. The Morgan fingerprint density at radius 1 is 1.14 bits per heavy atom. The highest BCUT2D eigenvalue weighted by Gasteiger charge is 2.47. The first-order valence-electron chi connectivity index (χ1n) is 15.1. The monoisotopic (exact) mass is 585 g/mol. The van der Waals surface area contributed by atoms with Crippen LogP contribution in [0.2, 0.25) is 0 Å². The van der Waals surface area contributed by atoms with E-state index in [4.69, 9.17) is 14.2 Å². The first-order chi connectivity index (χ1) is 20.2. The van der Waals surface area contributed by atoms with Crippen molar-refractivity contribution in [1.82, 2.24) is 24.3 Å². The number of benzene rings is 1. The lowest BCUT2D eigenvalue weighted by Crippen LogP contribution is -2.45. The van der Waals surface area contributed by atoms with Gasteiger partial charge in [0.05, 0.1) is 19.6 Å². The number of hydrogen-bond donors (Lipinski definition) is 1. The molecule has 11 nitrogen and oxygen atoms in total. The fraction of sp³-hybridized carbons (Fsp3) is 0.645. The highest BCUT2D eigenvalue weighted by molar-refractivity contribution is 5.79. The average Bonchev–Trinajstić information content (AvgIpc) is 3.69. The summed E-state index contributed by atoms with van der Waals surface area (Å²) in [4.78, 5) is 37.4. The average molecular weight is 586 g/mol. The summed E-state index contributed by atoms with van der Waals surface area (Å²) in [5.41, 5.74) is 0.812. The molecule has 1 N–H and O–H groups in total. The first-order valence-corrected chi connectivity index (χ1v) is 15.1. The van der Waals surface area contributed by atoms with Gasteiger partial charge in [0, 0.05) is 57.5 Å². The zero-order valence-electron chi connectivity index (χ0n) is 25.8. The fourth-order valence-corrected chi connectivity index (χ4v) is 6.18. The van der Waals surface area contributed by atoms with E-state index < -0.39 is 11.9 Å². The third-order valence-corrected chi connectivity index (χ3v) is 8.48. The van der Waals surface area contributed by atoms with Gasteiger partial charge in [-0.25, -0.2) is 4.98 Å². The van der Waals surface area contributed by atoms with Gasteiger partial charge < -0.3 is 33.7 Å². The van der Waals surface area contributed by atoms with E-state index in [1.807, 2.05) is 34.8 Å². The molecule has 3 atom stereocenters. The van der Waals surface area contributed by atoms with Crippen LogP contribution in [0.1, 0.15) is 56.3 Å². The van der Waals surface area contributed by atoms with Crippen LogP contribution in [0.15, 0.2) is 24.5 Å². The van der Waals surface area contributed by atoms with E-state index in [9.17, 15) is 14.7 Å². The lowest BCUT2D eigenvalue weighted by atomic mass is 9.83. The van der Waals surface area contributed by atoms with Crippen LogP contribution in [0, 0.1) is 5.92 Å². The van der Waals surface area contributed by atoms with Crippen molar-refractivity contribution < 1.29 is 28.9 Å². The Hall–Kier alpha value is -3.31. The van der Waals surface area contributed by atoms with Gasteiger partial charge in [0.2, 0.25) is 18.4 Å². The van der Waals surface area contributed by atoms with Crippen molar-refractivity contribution in [1.29, 1.82) is 0 Å². The van der Waals surface area contributed by atoms with Crippen LogP contribution in [0.5, 0.6) is 17.2 Å². The Labute approximate surface area is 249 Å². The topological polar surface area (TPSA) is 110 Å². The maximum Gasteiger partial charge on any atom is 0.308 e. The van der Waals surface area contributed by atoms with Crippen LogP contribution in [0.3, 0.4) is 0 Å². The number of aliphatic carboxylic acids is 1. The van der Waals surface area contributed by atoms with E-state index in [0.29, 0.717) is 49.7 Å². The number of methoxy groups -OCH3 is 1. The Morgan fingerprint density at radius 3 is 2.57 bits per heavy atom. The molecule has 2 aromatic rings. The maximum absolute atomic E-state index is 13.8. The van der Waals surface area contributed by atoms with Gasteiger partial charge in [0.25, 0.3) is 0 Å². The predicted molar refractivity (Wildman–Crippen MR) is 159 cm³/mol. The number of carbonyl (C=O) groups excluding carboxylic acids is 1. The molecule has 11 heteroatoms. The Bertz CT molecular complexity index is 1200. The minimum absolute atomic E-state index is 0.0587. The number of aryl methyl sites for hydroxylation is 2. The lowest BCUT2D eigenvalue weighted by molar-refractivity contribution is -0.143. The largest absolute Gasteiger partial charge is 0.493 e. The summed E-state index contributed by atoms with van der Waals surface area (Å²) >= 11 is 0. The molecule has 1 aromatic heterocycles. The van der Waals surface area contributed by atoms with Crippen molar-refractivity contribution in [2.45, 2.75) is 57.4 Å². The zero-order chi connectivity index (χ0) is 30.2. The van der Waals surface area contributed by atoms with Crippen LogP contribution in [-0.2, 0) is 23.1 Å². The molecule has 3 heterocycles. The van der Waals surface area contributed by atoms with Gasteiger partial charge >= 0.3 is 5.97 Å². The second-order valence-electron chi connectivity index (χ2n) is 11.7. The van der Waals surface area contributed by atoms with E-state index in [2.05, 4.69) is 35.8 Å². The lowest BCUT2D eigenvalue weighted by Gasteiger charge is -2.30. The molecule has 1 aromatic carbocycles. The number of nitrogens with zero attached hydrogens (tertiary/aromatic N) is 5. The van der Waals surface area contributed by atoms with Gasteiger partial charge in [-0.1, -0.05) is 13.3 Å². The molecule has 0 radical (unpaired) electrons. The van der Waals surface area contributed by atoms with Crippen LogP contribution in [0.25, 0.3) is 0 Å². The summed E-state index contributed by atoms with van der Waals surface area (Å²) in [6, 6.07) is 3.38. The molecule has 1 saturated heterocycles. The molecule has 42 heavy (non-hydrogen) atoms. The van der Waals surface area contributed by atoms with Crippen molar-refractivity contribution in [2.75, 3.05) is 60.7 Å². The van der Waals surface area contributed by atoms with Gasteiger partial charge in [-0.05, 0) is 64.0 Å². The minimum Gasteiger partial charge on any atom is -0.493 e. The summed E-state index contributed by atoms with van der Waals surface area (Å²) in [6.45, 7) is 5.27. The number of ether oxygens (including phenoxy) is 3. The normalized spacial score (nSPS) is 19.9. The van der Waals surface area contributed by atoms with E-state index in [1.165, 1.54) is 0 Å². The number of aromatic nitrogens is 2. The predicted octanol–water partition coefficient (Wildman–Crippen LogP) is 3.23. The Balaban J connectivity index is 1.59. The molecule has 4 rings (SSSR count). The molecule has 232 valence electrons. The summed E-state index contributed by atoms with van der Waals surface area (Å²) in [5, 5.41) is 10.6. The second kappa shape index (κ2) is 14.7. The van der Waals surface area contributed by atoms with Gasteiger partial charge in [0.15, 0.2) is 11.5 Å². The maximum atomic E-state index is 13.8. The van der Waals surface area contributed by atoms with Crippen LogP contribution >= 0.6 is 0 Å². The van der Waals surface area contributed by atoms with Gasteiger partial charge in [-0.15, -0.1) is 0 Å². The molecule has 1 fully saturated rings. The molecule has 0 bridgehead atoms. The van der Waals surface area contributed by atoms with Gasteiger partial charge in [-0.3, -0.25) is 14.5 Å². The number of likely N-dealkylation sites (tertiary alicyclic amines) is 1. The molecular weight excluding hydrogens is 538 g/mol. The number of rotatable bonds is 16. The van der Waals surface area contributed by atoms with Gasteiger partial charge in [-0.2, -0.15) is 0 Å². The van der Waals surface area contributed by atoms with Crippen LogP contribution in [-0.4, -0.2) is 108 Å². The summed E-state index contributed by atoms with van der Waals surface area (Å²) in [6.07, 6.45) is 8.75. The highest BCUT2D eigenvalue weighted by atomic mass is 16.7. The molecule has 1 amide bonds. The molecule has 2 aliphatic heterocycles. The highest BCUT2D eigenvalue weighted by Crippen LogP contribution is 2.47. The van der Waals surface area contributed by atoms with Crippen LogP contribution in [0.4, 0.5) is 0 Å². The third kappa shape index (κ3) is 7.55. The number of fused-ring (bicyclic) bond motifs is 1. The van der Waals surface area contributed by atoms with E-state index in [-0.39, 0.29) is 31.2 Å². The fourth-order valence-electron chi connectivity index (χ4n) is 6.18. The molecule has 0 saturated carbocycles. The Morgan fingerprint density at radius 2 is 1.90 bits per heavy atom. The zero-order valence-corrected chi connectivity index (χ0v) is 25.8. The summed E-state index contributed by atoms with van der Waals surface area (Å²) in [5.74, 6) is 0.616. The summed E-state index contributed by atoms with van der Waals surface area (Å²) < 4.78 is 18.8.